The monoisotopic (exact) mass is 241 g/mol. The van der Waals surface area contributed by atoms with Crippen molar-refractivity contribution in [3.63, 3.8) is 0 Å². The molecule has 0 heterocycles. The minimum atomic E-state index is -1.00. The molecule has 0 unspecified atom stereocenters. The fourth-order valence-electron chi connectivity index (χ4n) is 1.99. The standard InChI is InChI=1S/C12H19NO4/c1-2-4-12(5-3-6-12)11(16)13-7-8-17-9-10(14)15/h2H,1,3-9H2,(H,13,16)(H,14,15). The van der Waals surface area contributed by atoms with Crippen LogP contribution in [-0.4, -0.2) is 36.7 Å². The predicted molar refractivity (Wildman–Crippen MR) is 62.6 cm³/mol. The SMILES string of the molecule is C=CCC1(C(=O)NCCOCC(=O)O)CCC1. The highest BCUT2D eigenvalue weighted by atomic mass is 16.5. The van der Waals surface area contributed by atoms with Gasteiger partial charge in [0.05, 0.1) is 12.0 Å². The molecule has 0 atom stereocenters. The van der Waals surface area contributed by atoms with Gasteiger partial charge < -0.3 is 15.2 Å². The summed E-state index contributed by atoms with van der Waals surface area (Å²) in [5.74, 6) is -0.971. The van der Waals surface area contributed by atoms with Crippen molar-refractivity contribution < 1.29 is 19.4 Å². The quantitative estimate of drug-likeness (QED) is 0.490. The van der Waals surface area contributed by atoms with Gasteiger partial charge in [-0.1, -0.05) is 12.5 Å². The Balaban J connectivity index is 2.20. The molecule has 2 N–H and O–H groups in total. The van der Waals surface area contributed by atoms with Crippen molar-refractivity contribution in [1.29, 1.82) is 0 Å². The van der Waals surface area contributed by atoms with Crippen molar-refractivity contribution in [3.8, 4) is 0 Å². The normalized spacial score (nSPS) is 16.9. The van der Waals surface area contributed by atoms with Crippen LogP contribution < -0.4 is 5.32 Å². The number of aliphatic carboxylic acids is 1. The molecule has 0 aromatic carbocycles. The largest absolute Gasteiger partial charge is 0.480 e. The lowest BCUT2D eigenvalue weighted by Crippen LogP contribution is -2.46. The number of allylic oxidation sites excluding steroid dienone is 1. The first-order valence-electron chi connectivity index (χ1n) is 5.79. The summed E-state index contributed by atoms with van der Waals surface area (Å²) in [5.41, 5.74) is -0.269. The molecule has 1 aliphatic rings. The first-order valence-corrected chi connectivity index (χ1v) is 5.79. The van der Waals surface area contributed by atoms with Crippen LogP contribution in [0.1, 0.15) is 25.7 Å². The zero-order valence-electron chi connectivity index (χ0n) is 9.91. The van der Waals surface area contributed by atoms with E-state index in [1.807, 2.05) is 0 Å². The molecule has 96 valence electrons. The van der Waals surface area contributed by atoms with Crippen molar-refractivity contribution in [3.05, 3.63) is 12.7 Å². The third-order valence-electron chi connectivity index (χ3n) is 3.08. The lowest BCUT2D eigenvalue weighted by Gasteiger charge is -2.39. The number of carboxylic acid groups (broad SMARTS) is 1. The van der Waals surface area contributed by atoms with Crippen LogP contribution in [0.5, 0.6) is 0 Å². The van der Waals surface area contributed by atoms with E-state index in [0.717, 1.165) is 19.3 Å². The molecule has 0 aromatic rings. The molecule has 0 spiro atoms. The average molecular weight is 241 g/mol. The van der Waals surface area contributed by atoms with E-state index in [1.54, 1.807) is 6.08 Å². The van der Waals surface area contributed by atoms with E-state index < -0.39 is 5.97 Å². The van der Waals surface area contributed by atoms with Gasteiger partial charge in [0.15, 0.2) is 0 Å². The maximum Gasteiger partial charge on any atom is 0.329 e. The highest BCUT2D eigenvalue weighted by Gasteiger charge is 2.42. The summed E-state index contributed by atoms with van der Waals surface area (Å²) in [7, 11) is 0. The summed E-state index contributed by atoms with van der Waals surface area (Å²) in [6, 6.07) is 0. The van der Waals surface area contributed by atoms with Gasteiger partial charge in [-0.25, -0.2) is 4.79 Å². The van der Waals surface area contributed by atoms with E-state index >= 15 is 0 Å². The number of rotatable bonds is 8. The number of amides is 1. The third kappa shape index (κ3) is 3.85. The average Bonchev–Trinajstić information content (AvgIpc) is 2.22. The minimum absolute atomic E-state index is 0.0302. The molecular weight excluding hydrogens is 222 g/mol. The highest BCUT2D eigenvalue weighted by Crippen LogP contribution is 2.44. The lowest BCUT2D eigenvalue weighted by atomic mass is 9.66. The van der Waals surface area contributed by atoms with Crippen LogP contribution in [0.15, 0.2) is 12.7 Å². The number of hydrogen-bond acceptors (Lipinski definition) is 3. The van der Waals surface area contributed by atoms with Crippen LogP contribution in [0.2, 0.25) is 0 Å². The van der Waals surface area contributed by atoms with Crippen molar-refractivity contribution >= 4 is 11.9 Å². The second-order valence-corrected chi connectivity index (χ2v) is 4.33. The number of ether oxygens (including phenoxy) is 1. The summed E-state index contributed by atoms with van der Waals surface area (Å²) in [4.78, 5) is 22.1. The van der Waals surface area contributed by atoms with Crippen LogP contribution in [0, 0.1) is 5.41 Å². The Labute approximate surface area is 101 Å². The number of carboxylic acids is 1. The van der Waals surface area contributed by atoms with Crippen LogP contribution in [0.25, 0.3) is 0 Å². The van der Waals surface area contributed by atoms with E-state index in [-0.39, 0.29) is 24.5 Å². The highest BCUT2D eigenvalue weighted by molar-refractivity contribution is 5.83. The Morgan fingerprint density at radius 2 is 2.18 bits per heavy atom. The number of nitrogens with one attached hydrogen (secondary N) is 1. The molecule has 0 saturated heterocycles. The zero-order valence-corrected chi connectivity index (χ0v) is 9.91. The topological polar surface area (TPSA) is 75.6 Å². The summed E-state index contributed by atoms with van der Waals surface area (Å²) in [6.45, 7) is 3.92. The van der Waals surface area contributed by atoms with Gasteiger partial charge in [-0.05, 0) is 19.3 Å². The zero-order chi connectivity index (χ0) is 12.7. The Morgan fingerprint density at radius 3 is 2.65 bits per heavy atom. The molecule has 0 aromatic heterocycles. The molecule has 5 heteroatoms. The fraction of sp³-hybridized carbons (Fsp3) is 0.667. The van der Waals surface area contributed by atoms with Gasteiger partial charge in [-0.3, -0.25) is 4.79 Å². The van der Waals surface area contributed by atoms with E-state index in [1.165, 1.54) is 0 Å². The molecule has 5 nitrogen and oxygen atoms in total. The number of hydrogen-bond donors (Lipinski definition) is 2. The Morgan fingerprint density at radius 1 is 1.47 bits per heavy atom. The van der Waals surface area contributed by atoms with Crippen molar-refractivity contribution in [1.82, 2.24) is 5.32 Å². The predicted octanol–water partition coefficient (Wildman–Crippen LogP) is 0.950. The van der Waals surface area contributed by atoms with Gasteiger partial charge in [-0.2, -0.15) is 0 Å². The summed E-state index contributed by atoms with van der Waals surface area (Å²) >= 11 is 0. The second kappa shape index (κ2) is 6.39. The van der Waals surface area contributed by atoms with E-state index in [2.05, 4.69) is 11.9 Å². The fourth-order valence-corrected chi connectivity index (χ4v) is 1.99. The molecule has 1 amide bonds. The molecule has 1 fully saturated rings. The Kier molecular flexibility index (Phi) is 5.15. The molecule has 17 heavy (non-hydrogen) atoms. The van der Waals surface area contributed by atoms with Gasteiger partial charge in [0.1, 0.15) is 6.61 Å². The number of carbonyl (C=O) groups is 2. The lowest BCUT2D eigenvalue weighted by molar-refractivity contribution is -0.142. The minimum Gasteiger partial charge on any atom is -0.480 e. The van der Waals surface area contributed by atoms with Gasteiger partial charge in [0.2, 0.25) is 5.91 Å². The van der Waals surface area contributed by atoms with Crippen LogP contribution in [0.4, 0.5) is 0 Å². The Hall–Kier alpha value is -1.36. The Bertz CT molecular complexity index is 297. The van der Waals surface area contributed by atoms with Crippen LogP contribution in [-0.2, 0) is 14.3 Å². The molecule has 0 bridgehead atoms. The van der Waals surface area contributed by atoms with Crippen molar-refractivity contribution in [2.45, 2.75) is 25.7 Å². The second-order valence-electron chi connectivity index (χ2n) is 4.33. The van der Waals surface area contributed by atoms with Crippen LogP contribution in [0.3, 0.4) is 0 Å². The number of carbonyl (C=O) groups excluding carboxylic acids is 1. The third-order valence-corrected chi connectivity index (χ3v) is 3.08. The first-order chi connectivity index (χ1) is 8.10. The van der Waals surface area contributed by atoms with Gasteiger partial charge in [0.25, 0.3) is 0 Å². The van der Waals surface area contributed by atoms with E-state index in [0.29, 0.717) is 13.0 Å². The van der Waals surface area contributed by atoms with Gasteiger partial charge in [0, 0.05) is 6.54 Å². The maximum atomic E-state index is 11.9. The maximum absolute atomic E-state index is 11.9. The van der Waals surface area contributed by atoms with Crippen molar-refractivity contribution in [2.75, 3.05) is 19.8 Å². The van der Waals surface area contributed by atoms with Crippen molar-refractivity contribution in [2.24, 2.45) is 5.41 Å². The molecule has 1 rings (SSSR count). The van der Waals surface area contributed by atoms with Gasteiger partial charge in [-0.15, -0.1) is 6.58 Å². The van der Waals surface area contributed by atoms with E-state index in [9.17, 15) is 9.59 Å². The van der Waals surface area contributed by atoms with Gasteiger partial charge >= 0.3 is 5.97 Å². The summed E-state index contributed by atoms with van der Waals surface area (Å²) in [6.07, 6.45) is 5.37. The summed E-state index contributed by atoms with van der Waals surface area (Å²) < 4.78 is 4.84. The molecule has 1 aliphatic carbocycles. The first kappa shape index (κ1) is 13.7. The molecular formula is C12H19NO4. The summed E-state index contributed by atoms with van der Waals surface area (Å²) in [5, 5.41) is 11.1. The molecule has 0 radical (unpaired) electrons. The van der Waals surface area contributed by atoms with E-state index in [4.69, 9.17) is 9.84 Å². The molecule has 0 aliphatic heterocycles. The smallest absolute Gasteiger partial charge is 0.329 e. The molecule has 1 saturated carbocycles. The van der Waals surface area contributed by atoms with Crippen LogP contribution >= 0.6 is 0 Å².